The van der Waals surface area contributed by atoms with Crippen LogP contribution in [0.1, 0.15) is 20.3 Å². The van der Waals surface area contributed by atoms with Crippen LogP contribution in [0, 0.1) is 17.2 Å². The number of aromatic nitrogens is 1. The van der Waals surface area contributed by atoms with Gasteiger partial charge in [-0.1, -0.05) is 6.92 Å². The van der Waals surface area contributed by atoms with E-state index in [1.807, 2.05) is 13.0 Å². The fourth-order valence-corrected chi connectivity index (χ4v) is 2.90. The van der Waals surface area contributed by atoms with Crippen LogP contribution in [0.15, 0.2) is 23.2 Å². The molecule has 6 nitrogen and oxygen atoms in total. The molecule has 0 aliphatic rings. The molecule has 1 aromatic rings. The van der Waals surface area contributed by atoms with E-state index in [-0.39, 0.29) is 17.4 Å². The smallest absolute Gasteiger partial charge is 0.243 e. The van der Waals surface area contributed by atoms with E-state index in [9.17, 15) is 8.42 Å². The molecule has 0 aliphatic carbocycles. The van der Waals surface area contributed by atoms with Crippen molar-refractivity contribution in [1.29, 1.82) is 5.26 Å². The van der Waals surface area contributed by atoms with Crippen molar-refractivity contribution < 1.29 is 8.42 Å². The predicted molar refractivity (Wildman–Crippen MR) is 77.6 cm³/mol. The molecule has 0 aliphatic heterocycles. The highest BCUT2D eigenvalue weighted by Crippen LogP contribution is 2.17. The summed E-state index contributed by atoms with van der Waals surface area (Å²) in [6.07, 6.45) is 2.39. The van der Waals surface area contributed by atoms with Crippen LogP contribution in [0.2, 0.25) is 0 Å². The SMILES string of the molecule is CCCNc1cc(S(=O)(=O)N(C)CC(C)C#N)ccn1. The Morgan fingerprint density at radius 1 is 1.55 bits per heavy atom. The summed E-state index contributed by atoms with van der Waals surface area (Å²) in [7, 11) is -2.11. The quantitative estimate of drug-likeness (QED) is 0.827. The van der Waals surface area contributed by atoms with Gasteiger partial charge in [0.05, 0.1) is 16.9 Å². The molecule has 1 aromatic heterocycles. The minimum Gasteiger partial charge on any atom is -0.370 e. The zero-order chi connectivity index (χ0) is 15.2. The van der Waals surface area contributed by atoms with E-state index < -0.39 is 10.0 Å². The molecule has 1 unspecified atom stereocenters. The van der Waals surface area contributed by atoms with Gasteiger partial charge in [-0.05, 0) is 19.4 Å². The average Bonchev–Trinajstić information content (AvgIpc) is 2.45. The molecule has 0 radical (unpaired) electrons. The Bertz CT molecular complexity index is 580. The van der Waals surface area contributed by atoms with Crippen molar-refractivity contribution in [3.8, 4) is 6.07 Å². The van der Waals surface area contributed by atoms with Crippen molar-refractivity contribution in [3.63, 3.8) is 0 Å². The summed E-state index contributed by atoms with van der Waals surface area (Å²) in [6.45, 7) is 4.61. The second-order valence-electron chi connectivity index (χ2n) is 4.62. The van der Waals surface area contributed by atoms with Gasteiger partial charge < -0.3 is 5.32 Å². The lowest BCUT2D eigenvalue weighted by molar-refractivity contribution is 0.439. The summed E-state index contributed by atoms with van der Waals surface area (Å²) >= 11 is 0. The minimum absolute atomic E-state index is 0.166. The molecule has 20 heavy (non-hydrogen) atoms. The number of hydrogen-bond donors (Lipinski definition) is 1. The molecule has 0 aromatic carbocycles. The third kappa shape index (κ3) is 4.18. The van der Waals surface area contributed by atoms with E-state index in [0.29, 0.717) is 5.82 Å². The number of nitrogens with one attached hydrogen (secondary N) is 1. The van der Waals surface area contributed by atoms with Gasteiger partial charge in [0.2, 0.25) is 10.0 Å². The molecule has 1 rings (SSSR count). The number of nitrogens with zero attached hydrogens (tertiary/aromatic N) is 3. The van der Waals surface area contributed by atoms with Crippen molar-refractivity contribution in [2.24, 2.45) is 5.92 Å². The third-order valence-electron chi connectivity index (χ3n) is 2.75. The average molecular weight is 296 g/mol. The van der Waals surface area contributed by atoms with Crippen LogP contribution in [0.3, 0.4) is 0 Å². The maximum atomic E-state index is 12.4. The molecule has 0 bridgehead atoms. The second kappa shape index (κ2) is 7.22. The summed E-state index contributed by atoms with van der Waals surface area (Å²) in [5.74, 6) is 0.184. The predicted octanol–water partition coefficient (Wildman–Crippen LogP) is 1.68. The van der Waals surface area contributed by atoms with E-state index in [2.05, 4.69) is 10.3 Å². The molecule has 1 N–H and O–H groups in total. The summed E-state index contributed by atoms with van der Waals surface area (Å²) in [5, 5.41) is 11.8. The Labute approximate surface area is 120 Å². The van der Waals surface area contributed by atoms with Gasteiger partial charge in [0.25, 0.3) is 0 Å². The Balaban J connectivity index is 2.95. The molecule has 110 valence electrons. The van der Waals surface area contributed by atoms with E-state index in [0.717, 1.165) is 13.0 Å². The molecular weight excluding hydrogens is 276 g/mol. The normalized spacial score (nSPS) is 12.9. The van der Waals surface area contributed by atoms with Gasteiger partial charge in [0.15, 0.2) is 0 Å². The molecule has 0 saturated carbocycles. The lowest BCUT2D eigenvalue weighted by atomic mass is 10.2. The van der Waals surface area contributed by atoms with Crippen LogP contribution in [-0.4, -0.2) is 37.8 Å². The van der Waals surface area contributed by atoms with Crippen LogP contribution >= 0.6 is 0 Å². The van der Waals surface area contributed by atoms with Crippen molar-refractivity contribution in [3.05, 3.63) is 18.3 Å². The number of rotatable bonds is 7. The van der Waals surface area contributed by atoms with Gasteiger partial charge in [-0.2, -0.15) is 9.57 Å². The first-order valence-electron chi connectivity index (χ1n) is 6.47. The number of nitriles is 1. The van der Waals surface area contributed by atoms with Crippen LogP contribution in [0.4, 0.5) is 5.82 Å². The largest absolute Gasteiger partial charge is 0.370 e. The van der Waals surface area contributed by atoms with Crippen molar-refractivity contribution in [1.82, 2.24) is 9.29 Å². The fraction of sp³-hybridized carbons (Fsp3) is 0.538. The second-order valence-corrected chi connectivity index (χ2v) is 6.66. The number of pyridine rings is 1. The number of hydrogen-bond acceptors (Lipinski definition) is 5. The molecular formula is C13H20N4O2S. The zero-order valence-electron chi connectivity index (χ0n) is 12.0. The third-order valence-corrected chi connectivity index (χ3v) is 4.57. The standard InChI is InChI=1S/C13H20N4O2S/c1-4-6-15-13-8-12(5-7-16-13)20(18,19)17(3)10-11(2)9-14/h5,7-8,11H,4,6,10H2,1-3H3,(H,15,16). The van der Waals surface area contributed by atoms with Gasteiger partial charge in [-0.25, -0.2) is 13.4 Å². The monoisotopic (exact) mass is 296 g/mol. The van der Waals surface area contributed by atoms with Gasteiger partial charge in [-0.15, -0.1) is 0 Å². The fourth-order valence-electron chi connectivity index (χ4n) is 1.63. The Hall–Kier alpha value is -1.65. The van der Waals surface area contributed by atoms with Crippen LogP contribution in [0.25, 0.3) is 0 Å². The van der Waals surface area contributed by atoms with Crippen molar-refractivity contribution >= 4 is 15.8 Å². The first kappa shape index (κ1) is 16.4. The zero-order valence-corrected chi connectivity index (χ0v) is 12.8. The van der Waals surface area contributed by atoms with Crippen LogP contribution < -0.4 is 5.32 Å². The van der Waals surface area contributed by atoms with Gasteiger partial charge in [0.1, 0.15) is 5.82 Å². The van der Waals surface area contributed by atoms with Gasteiger partial charge in [0, 0.05) is 32.4 Å². The first-order chi connectivity index (χ1) is 9.41. The van der Waals surface area contributed by atoms with Gasteiger partial charge in [-0.3, -0.25) is 0 Å². The highest BCUT2D eigenvalue weighted by molar-refractivity contribution is 7.89. The van der Waals surface area contributed by atoms with E-state index >= 15 is 0 Å². The van der Waals surface area contributed by atoms with E-state index in [1.165, 1.54) is 29.7 Å². The molecule has 1 atom stereocenters. The number of sulfonamides is 1. The van der Waals surface area contributed by atoms with E-state index in [4.69, 9.17) is 5.26 Å². The Kier molecular flexibility index (Phi) is 5.92. The Morgan fingerprint density at radius 3 is 2.85 bits per heavy atom. The maximum absolute atomic E-state index is 12.4. The summed E-state index contributed by atoms with van der Waals surface area (Å²) in [4.78, 5) is 4.26. The Morgan fingerprint density at radius 2 is 2.25 bits per heavy atom. The highest BCUT2D eigenvalue weighted by atomic mass is 32.2. The minimum atomic E-state index is -3.59. The molecule has 0 saturated heterocycles. The summed E-state index contributed by atoms with van der Waals surface area (Å²) < 4.78 is 25.9. The molecule has 0 spiro atoms. The highest BCUT2D eigenvalue weighted by Gasteiger charge is 2.22. The van der Waals surface area contributed by atoms with Crippen molar-refractivity contribution in [2.75, 3.05) is 25.5 Å². The molecule has 0 fully saturated rings. The molecule has 0 amide bonds. The van der Waals surface area contributed by atoms with Crippen molar-refractivity contribution in [2.45, 2.75) is 25.2 Å². The van der Waals surface area contributed by atoms with E-state index in [1.54, 1.807) is 6.92 Å². The lowest BCUT2D eigenvalue weighted by Gasteiger charge is -2.18. The van der Waals surface area contributed by atoms with Crippen LogP contribution in [0.5, 0.6) is 0 Å². The topological polar surface area (TPSA) is 86.1 Å². The maximum Gasteiger partial charge on any atom is 0.243 e. The molecule has 7 heteroatoms. The summed E-state index contributed by atoms with van der Waals surface area (Å²) in [6, 6.07) is 5.00. The lowest BCUT2D eigenvalue weighted by Crippen LogP contribution is -2.30. The number of anilines is 1. The molecule has 1 heterocycles. The van der Waals surface area contributed by atoms with Crippen LogP contribution in [-0.2, 0) is 10.0 Å². The summed E-state index contributed by atoms with van der Waals surface area (Å²) in [5.41, 5.74) is 0. The first-order valence-corrected chi connectivity index (χ1v) is 7.91. The van der Waals surface area contributed by atoms with Gasteiger partial charge >= 0.3 is 0 Å².